The van der Waals surface area contributed by atoms with Gasteiger partial charge in [-0.25, -0.2) is 23.3 Å². The first kappa shape index (κ1) is 74.2. The number of carboxylic acids is 1. The fourth-order valence-electron chi connectivity index (χ4n) is 10.7. The minimum atomic E-state index is -5.82. The summed E-state index contributed by atoms with van der Waals surface area (Å²) in [6.45, 7) is 6.01. The molecule has 4 aliphatic heterocycles. The third-order valence-corrected chi connectivity index (χ3v) is 23.0. The predicted octanol–water partition coefficient (Wildman–Crippen LogP) is 5.39. The topological polar surface area (TPSA) is 502 Å². The van der Waals surface area contributed by atoms with Gasteiger partial charge in [-0.1, -0.05) is 73.2 Å². The Morgan fingerprint density at radius 3 is 2.27 bits per heavy atom. The molecule has 5 aromatic rings. The molecule has 2 aromatic heterocycles. The summed E-state index contributed by atoms with van der Waals surface area (Å²) in [6, 6.07) is 10.6. The van der Waals surface area contributed by atoms with E-state index in [1.165, 1.54) is 72.1 Å². The van der Waals surface area contributed by atoms with Gasteiger partial charge in [0.15, 0.2) is 5.65 Å². The zero-order valence-electron chi connectivity index (χ0n) is 50.8. The Bertz CT molecular complexity index is 4700. The number of aromatic nitrogens is 3. The first-order valence-electron chi connectivity index (χ1n) is 27.9. The third-order valence-electron chi connectivity index (χ3n) is 14.0. The molecule has 1 saturated heterocycles. The molecule has 0 aliphatic carbocycles. The lowest BCUT2D eigenvalue weighted by Gasteiger charge is -2.34. The van der Waals surface area contributed by atoms with E-state index in [0.29, 0.717) is 50.0 Å². The van der Waals surface area contributed by atoms with Gasteiger partial charge in [-0.2, -0.15) is 30.4 Å². The largest absolute Gasteiger partial charge is 0.490 e. The smallest absolute Gasteiger partial charge is 0.478 e. The molecule has 0 spiro atoms. The lowest BCUT2D eigenvalue weighted by molar-refractivity contribution is -0.0520. The SMILES string of the molecule is CSSCO[C@@H]1C[C@H](n2cc(C#CCNC(=O)OCCSSCCNC(=O)c3ccc(C4=c5cc6c(cc5Oc5cc7c(cc54)C(CS(=O)(=O)O)=CC(C)(C)N7)=NC(C)(C)C=C6CS(=O)(=O)O)cc3C(=O)O)c3c(=O)[nH]c(N)nc32)O[C@@H]1COP(=O)(O)OP(=O)(O)OP(=O)(O)O. The lowest BCUT2D eigenvalue weighted by Crippen LogP contribution is -2.33. The van der Waals surface area contributed by atoms with Crippen molar-refractivity contribution in [3.05, 3.63) is 121 Å². The van der Waals surface area contributed by atoms with Crippen molar-refractivity contribution in [3.63, 3.8) is 0 Å². The van der Waals surface area contributed by atoms with Crippen molar-refractivity contribution in [1.29, 1.82) is 0 Å². The summed E-state index contributed by atoms with van der Waals surface area (Å²) >= 11 is 0. The second-order valence-electron chi connectivity index (χ2n) is 22.4. The number of anilines is 2. The van der Waals surface area contributed by atoms with Crippen LogP contribution in [0.5, 0.6) is 11.5 Å². The Morgan fingerprint density at radius 1 is 0.875 bits per heavy atom. The van der Waals surface area contributed by atoms with Crippen molar-refractivity contribution >= 4 is 144 Å². The van der Waals surface area contributed by atoms with Crippen LogP contribution in [0.2, 0.25) is 0 Å². The molecule has 96 heavy (non-hydrogen) atoms. The number of ether oxygens (including phenoxy) is 4. The zero-order chi connectivity index (χ0) is 70.1. The molecule has 518 valence electrons. The molecular weight excluding hydrogens is 1450 g/mol. The molecule has 0 saturated carbocycles. The Hall–Kier alpha value is -6.05. The van der Waals surface area contributed by atoms with Crippen LogP contribution in [0.25, 0.3) is 27.8 Å². The minimum absolute atomic E-state index is 0.00776. The molecule has 33 nitrogen and oxygen atoms in total. The van der Waals surface area contributed by atoms with Gasteiger partial charge in [0.2, 0.25) is 5.95 Å². The van der Waals surface area contributed by atoms with Crippen LogP contribution in [0.1, 0.15) is 88.9 Å². The molecule has 2 unspecified atom stereocenters. The maximum Gasteiger partial charge on any atom is 0.490 e. The molecule has 1 fully saturated rings. The van der Waals surface area contributed by atoms with E-state index in [-0.39, 0.29) is 88.4 Å². The number of carbonyl (C=O) groups excluding carboxylic acids is 2. The average Bonchev–Trinajstić information content (AvgIpc) is 0.939. The molecular formula is C54H61N8O25P3S6. The lowest BCUT2D eigenvalue weighted by atomic mass is 9.85. The summed E-state index contributed by atoms with van der Waals surface area (Å²) in [4.78, 5) is 101. The summed E-state index contributed by atoms with van der Waals surface area (Å²) in [5, 5.41) is 19.8. The fraction of sp³-hybridized carbons (Fsp3) is 0.370. The molecule has 0 radical (unpaired) electrons. The van der Waals surface area contributed by atoms with Crippen LogP contribution in [0.3, 0.4) is 0 Å². The number of aromatic amines is 1. The summed E-state index contributed by atoms with van der Waals surface area (Å²) in [6.07, 6.45) is 2.43. The van der Waals surface area contributed by atoms with E-state index in [2.05, 4.69) is 46.4 Å². The first-order chi connectivity index (χ1) is 44.8. The number of phosphoric ester groups is 1. The molecule has 3 aromatic carbocycles. The van der Waals surface area contributed by atoms with Gasteiger partial charge in [-0.05, 0) is 74.9 Å². The van der Waals surface area contributed by atoms with Crippen LogP contribution in [-0.4, -0.2) is 168 Å². The van der Waals surface area contributed by atoms with E-state index in [4.69, 9.17) is 44.0 Å². The van der Waals surface area contributed by atoms with Gasteiger partial charge in [-0.15, -0.1) is 0 Å². The standard InChI is InChI=1S/C54H61N8O25P3S6/c1-53(2)21-30(25-95(75,76)77)33-16-36-40(18-38(33)60-53)84-41-19-39-34(31(26-96(78,79)80)22-54(3,4)61-39)17-37(41)45(36)28-8-9-32(35(15-28)50(65)66)48(63)56-11-13-92-93-14-12-81-52(67)57-10-6-7-29-23-62(47-46(29)49(64)59-51(55)58-47)44-20-42(82-27-94-91-5)43(85-44)24-83-89(71,72)87-90(73,74)86-88(68,69)70/h8-9,15-19,21-23,42-44,60H,10-14,20,24-27H2,1-5H3,(H,56,63)(H,57,67)(H,65,66)(H,71,72)(H,73,74)(H2,68,69,70)(H,75,76,77)(H,78,79,80)(H3,55,58,59,64)/t42-,43-,44-/m1/s1. The number of hydrogen-bond donors (Lipinski definition) is 12. The number of aromatic carboxylic acids is 1. The van der Waals surface area contributed by atoms with Gasteiger partial charge in [0.05, 0.1) is 57.8 Å². The van der Waals surface area contributed by atoms with Crippen LogP contribution in [0.15, 0.2) is 70.6 Å². The number of hydrogen-bond acceptors (Lipinski definition) is 26. The van der Waals surface area contributed by atoms with E-state index in [0.717, 1.165) is 0 Å². The average molecular weight is 1510 g/mol. The van der Waals surface area contributed by atoms with Crippen molar-refractivity contribution < 1.29 is 111 Å². The molecule has 5 atom stereocenters. The Morgan fingerprint density at radius 2 is 1.58 bits per heavy atom. The fourth-order valence-corrected chi connectivity index (χ4v) is 17.5. The summed E-state index contributed by atoms with van der Waals surface area (Å²) < 4.78 is 143. The Labute approximate surface area is 561 Å². The van der Waals surface area contributed by atoms with Crippen molar-refractivity contribution in [1.82, 2.24) is 25.2 Å². The Kier molecular flexibility index (Phi) is 22.7. The number of nitrogens with one attached hydrogen (secondary N) is 4. The summed E-state index contributed by atoms with van der Waals surface area (Å²) in [5.74, 6) is 2.72. The highest BCUT2D eigenvalue weighted by atomic mass is 33.1. The van der Waals surface area contributed by atoms with Gasteiger partial charge in [-0.3, -0.25) is 33.2 Å². The minimum Gasteiger partial charge on any atom is -0.478 e. The molecule has 6 heterocycles. The molecule has 4 aliphatic rings. The number of nitrogen functional groups attached to an aromatic ring is 1. The van der Waals surface area contributed by atoms with Gasteiger partial charge in [0.1, 0.15) is 47.9 Å². The van der Waals surface area contributed by atoms with Crippen LogP contribution >= 0.6 is 66.6 Å². The van der Waals surface area contributed by atoms with E-state index in [1.54, 1.807) is 70.4 Å². The Balaban J connectivity index is 0.821. The first-order valence-corrected chi connectivity index (χ1v) is 40.9. The third kappa shape index (κ3) is 19.2. The molecule has 13 N–H and O–H groups in total. The second kappa shape index (κ2) is 29.4. The van der Waals surface area contributed by atoms with Gasteiger partial charge in [0, 0.05) is 76.0 Å². The number of phosphoric acid groups is 3. The number of carbonyl (C=O) groups is 3. The highest BCUT2D eigenvalue weighted by Crippen LogP contribution is 2.66. The predicted molar refractivity (Wildman–Crippen MR) is 357 cm³/mol. The number of rotatable bonds is 27. The van der Waals surface area contributed by atoms with Crippen LogP contribution < -0.4 is 42.6 Å². The second-order valence-corrected chi connectivity index (χ2v) is 34.9. The van der Waals surface area contributed by atoms with Gasteiger partial charge < -0.3 is 69.9 Å². The van der Waals surface area contributed by atoms with Crippen molar-refractivity contribution in [3.8, 4) is 23.3 Å². The van der Waals surface area contributed by atoms with Crippen molar-refractivity contribution in [2.75, 3.05) is 72.6 Å². The maximum atomic E-state index is 13.7. The zero-order valence-corrected chi connectivity index (χ0v) is 58.3. The number of nitrogens with two attached hydrogens (primary N) is 1. The highest BCUT2D eigenvalue weighted by Gasteiger charge is 2.44. The van der Waals surface area contributed by atoms with Crippen LogP contribution in [0, 0.1) is 11.8 Å². The summed E-state index contributed by atoms with van der Waals surface area (Å²) in [7, 11) is -20.9. The van der Waals surface area contributed by atoms with Gasteiger partial charge >= 0.3 is 35.5 Å². The molecule has 0 bridgehead atoms. The van der Waals surface area contributed by atoms with Crippen molar-refractivity contribution in [2.45, 2.75) is 63.6 Å². The van der Waals surface area contributed by atoms with E-state index >= 15 is 0 Å². The maximum absolute atomic E-state index is 13.7. The number of nitrogens with zero attached hydrogens (tertiary/aromatic N) is 3. The summed E-state index contributed by atoms with van der Waals surface area (Å²) in [5.41, 5.74) is 5.57. The molecule has 2 amide bonds. The van der Waals surface area contributed by atoms with E-state index < -0.39 is 120 Å². The molecule has 9 rings (SSSR count). The molecule has 42 heteroatoms. The number of carboxylic acid groups (broad SMARTS) is 1. The normalized spacial score (nSPS) is 19.0. The number of alkyl carbamates (subject to hydrolysis) is 1. The van der Waals surface area contributed by atoms with Gasteiger partial charge in [0.25, 0.3) is 31.7 Å². The monoisotopic (exact) mass is 1510 g/mol. The number of amides is 2. The van der Waals surface area contributed by atoms with E-state index in [1.807, 2.05) is 0 Å². The number of benzene rings is 3. The van der Waals surface area contributed by atoms with E-state index in [9.17, 15) is 73.7 Å². The van der Waals surface area contributed by atoms with Crippen LogP contribution in [-0.2, 0) is 61.3 Å². The van der Waals surface area contributed by atoms with Crippen LogP contribution in [0.4, 0.5) is 16.4 Å². The quantitative estimate of drug-likeness (QED) is 0.00768. The highest BCUT2D eigenvalue weighted by molar-refractivity contribution is 8.76. The van der Waals surface area contributed by atoms with Crippen molar-refractivity contribution in [2.24, 2.45) is 4.99 Å². The number of H-pyrrole nitrogens is 1. The number of fused-ring (bicyclic) bond motifs is 5.